The second kappa shape index (κ2) is 22.1. The molecule has 0 aliphatic rings. The Morgan fingerprint density at radius 2 is 0.722 bits per heavy atom. The fourth-order valence-electron chi connectivity index (χ4n) is 3.79. The molecule has 0 saturated carbocycles. The third-order valence-electron chi connectivity index (χ3n) is 6.73. The zero-order valence-corrected chi connectivity index (χ0v) is 37.2. The number of hydrogen-bond acceptors (Lipinski definition) is 14. The van der Waals surface area contributed by atoms with Gasteiger partial charge >= 0.3 is 77.0 Å². The number of benzene rings is 2. The number of alkyl halides is 6. The summed E-state index contributed by atoms with van der Waals surface area (Å²) < 4.78 is 200. The van der Waals surface area contributed by atoms with E-state index in [1.54, 1.807) is 0 Å². The summed E-state index contributed by atoms with van der Waals surface area (Å²) in [4.78, 5) is -1.36. The number of aryl methyl sites for hydroxylation is 2. The van der Waals surface area contributed by atoms with Gasteiger partial charge in [0.05, 0.1) is 0 Å². The normalized spacial score (nSPS) is 13.3. The van der Waals surface area contributed by atoms with Crippen molar-refractivity contribution in [1.29, 1.82) is 0 Å². The van der Waals surface area contributed by atoms with Crippen molar-refractivity contribution in [1.82, 2.24) is 0 Å². The van der Waals surface area contributed by atoms with Gasteiger partial charge in [-0.3, -0.25) is 0 Å². The van der Waals surface area contributed by atoms with Gasteiger partial charge in [-0.2, -0.15) is 26.3 Å². The maximum Gasteiger partial charge on any atom is 1.00 e. The van der Waals surface area contributed by atoms with E-state index in [0.717, 1.165) is 24.3 Å². The van der Waals surface area contributed by atoms with E-state index in [9.17, 15) is 60.0 Å². The van der Waals surface area contributed by atoms with E-state index in [0.29, 0.717) is 36.1 Å². The largest absolute Gasteiger partial charge is 1.00 e. The van der Waals surface area contributed by atoms with Crippen molar-refractivity contribution >= 4 is 57.7 Å². The van der Waals surface area contributed by atoms with Gasteiger partial charge in [0.2, 0.25) is 0 Å². The number of nitrogens with zero attached hydrogens (tertiary/aromatic N) is 2. The monoisotopic (exact) mass is 902 g/mol. The zero-order chi connectivity index (χ0) is 40.5. The summed E-state index contributed by atoms with van der Waals surface area (Å²) in [5, 5.41) is 0. The molecule has 2 aromatic carbocycles. The van der Waals surface area contributed by atoms with Gasteiger partial charge < -0.3 is 34.8 Å². The van der Waals surface area contributed by atoms with Gasteiger partial charge in [0, 0.05) is 64.5 Å². The summed E-state index contributed by atoms with van der Waals surface area (Å²) in [7, 11) is -19.5. The Balaban J connectivity index is 0. The molecule has 0 unspecified atom stereocenters. The summed E-state index contributed by atoms with van der Waals surface area (Å²) in [6.07, 6.45) is 0.750. The molecule has 0 aliphatic carbocycles. The molecule has 0 bridgehead atoms. The fraction of sp³-hybridized carbons (Fsp3) is 0.500. The molecule has 2 rings (SSSR count). The first-order valence-electron chi connectivity index (χ1n) is 13.7. The molecule has 2 aromatic rings. The number of sulfonamides is 4. The van der Waals surface area contributed by atoms with Crippen LogP contribution in [0.2, 0.25) is 12.1 Å². The van der Waals surface area contributed by atoms with Crippen molar-refractivity contribution < 1.29 is 135 Å². The first kappa shape index (κ1) is 55.6. The summed E-state index contributed by atoms with van der Waals surface area (Å²) >= 11 is 0. The molecular weight excluding hydrogens is 869 g/mol. The van der Waals surface area contributed by atoms with Crippen LogP contribution in [0.5, 0.6) is 0 Å². The van der Waals surface area contributed by atoms with Crippen LogP contribution in [0.15, 0.2) is 58.3 Å². The minimum absolute atomic E-state index is 0. The van der Waals surface area contributed by atoms with Gasteiger partial charge in [-0.15, -0.1) is 0 Å². The molecule has 0 radical (unpaired) electrons. The molecule has 0 heterocycles. The van der Waals surface area contributed by atoms with Gasteiger partial charge in [-0.1, -0.05) is 24.3 Å². The molecule has 0 aliphatic heterocycles. The quantitative estimate of drug-likeness (QED) is 0.117. The second-order valence-corrected chi connectivity index (χ2v) is 22.9. The van der Waals surface area contributed by atoms with Crippen molar-refractivity contribution in [2.24, 2.45) is 0 Å². The van der Waals surface area contributed by atoms with Gasteiger partial charge in [-0.05, 0) is 48.2 Å². The number of halogens is 6. The topological polar surface area (TPSA) is 220 Å². The van der Waals surface area contributed by atoms with E-state index in [4.69, 9.17) is 26.6 Å². The van der Waals surface area contributed by atoms with E-state index in [2.05, 4.69) is 0 Å². The molecule has 0 fully saturated rings. The van der Waals surface area contributed by atoms with E-state index in [1.807, 2.05) is 8.25 Å². The van der Waals surface area contributed by atoms with E-state index < -0.39 is 78.5 Å². The molecule has 16 nitrogen and oxygen atoms in total. The van der Waals surface area contributed by atoms with E-state index in [-0.39, 0.29) is 48.4 Å². The van der Waals surface area contributed by atoms with Gasteiger partial charge in [0.15, 0.2) is 20.0 Å². The molecule has 0 N–H and O–H groups in total. The summed E-state index contributed by atoms with van der Waals surface area (Å²) in [6, 6.07) is 9.90. The van der Waals surface area contributed by atoms with Crippen molar-refractivity contribution in [3.8, 4) is 0 Å². The first-order chi connectivity index (χ1) is 23.6. The maximum absolute atomic E-state index is 12.3. The third-order valence-corrected chi connectivity index (χ3v) is 18.2. The predicted molar refractivity (Wildman–Crippen MR) is 175 cm³/mol. The van der Waals surface area contributed by atoms with Crippen LogP contribution < -0.4 is 48.4 Å². The molecule has 30 heteroatoms. The van der Waals surface area contributed by atoms with Crippen LogP contribution in [0, 0.1) is 0 Å². The smallest absolute Gasteiger partial charge is 0.424 e. The second-order valence-electron chi connectivity index (χ2n) is 9.82. The summed E-state index contributed by atoms with van der Waals surface area (Å²) in [5.74, 6) is 0. The SMILES string of the molecule is CO[Si](CCc1ccc(S(=O)(=O)[N-]S(=O)(=O)C(F)(F)F)cc1)(OC)OC.CO[Si](CCc1ccc(S(=O)(=O)[N-]S(=O)(=O)C(F)(F)F)cc1)(OC)OC.[Li+].[Na+]. The minimum atomic E-state index is -6.16. The average molecular weight is 903 g/mol. The van der Waals surface area contributed by atoms with Gasteiger partial charge in [-0.25, -0.2) is 33.7 Å². The molecule has 0 aromatic heterocycles. The molecule has 300 valence electrons. The maximum atomic E-state index is 12.3. The van der Waals surface area contributed by atoms with Gasteiger partial charge in [0.1, 0.15) is 20.0 Å². The Morgan fingerprint density at radius 3 is 0.907 bits per heavy atom. The van der Waals surface area contributed by atoms with Crippen LogP contribution in [0.25, 0.3) is 8.25 Å². The number of rotatable bonds is 18. The van der Waals surface area contributed by atoms with Crippen molar-refractivity contribution in [2.75, 3.05) is 42.7 Å². The minimum Gasteiger partial charge on any atom is -0.424 e. The van der Waals surface area contributed by atoms with Crippen LogP contribution in [0.1, 0.15) is 11.1 Å². The van der Waals surface area contributed by atoms with Crippen molar-refractivity contribution in [3.05, 3.63) is 67.9 Å². The van der Waals surface area contributed by atoms with Gasteiger partial charge in [0.25, 0.3) is 0 Å². The summed E-state index contributed by atoms with van der Waals surface area (Å²) in [5.41, 5.74) is -10.4. The fourth-order valence-corrected chi connectivity index (χ4v) is 11.6. The van der Waals surface area contributed by atoms with Crippen LogP contribution in [-0.4, -0.2) is 105 Å². The first-order valence-corrected chi connectivity index (χ1v) is 23.4. The molecule has 0 atom stereocenters. The van der Waals surface area contributed by atoms with Crippen LogP contribution >= 0.6 is 0 Å². The molecule has 54 heavy (non-hydrogen) atoms. The van der Waals surface area contributed by atoms with Crippen LogP contribution in [0.4, 0.5) is 26.3 Å². The molecule has 0 saturated heterocycles. The Kier molecular flexibility index (Phi) is 22.7. The summed E-state index contributed by atoms with van der Waals surface area (Å²) in [6.45, 7) is 0. The number of hydrogen-bond donors (Lipinski definition) is 0. The van der Waals surface area contributed by atoms with Crippen molar-refractivity contribution in [2.45, 2.75) is 45.7 Å². The third kappa shape index (κ3) is 15.7. The van der Waals surface area contributed by atoms with E-state index >= 15 is 0 Å². The Morgan fingerprint density at radius 1 is 0.500 bits per heavy atom. The van der Waals surface area contributed by atoms with E-state index in [1.165, 1.54) is 66.9 Å². The molecular formula is C24H34F6LiN2NaO14S4Si2. The van der Waals surface area contributed by atoms with Crippen LogP contribution in [0.3, 0.4) is 0 Å². The molecule has 0 amide bonds. The Bertz CT molecular complexity index is 1750. The Labute approximate surface area is 346 Å². The Hall–Kier alpha value is -0.469. The predicted octanol–water partition coefficient (Wildman–Crippen LogP) is -1.95. The standard InChI is InChI=1S/2C12H17F3NO7S2Si.Li.Na/c2*1-21-26(22-2,23-3)9-8-10-4-6-11(7-5-10)24(17,18)16-25(19,20)12(13,14)15;;/h2*4-7H,8-9H2,1-3H3;;/q2*-1;2*+1. The zero-order valence-electron chi connectivity index (χ0n) is 30.0. The van der Waals surface area contributed by atoms with Crippen LogP contribution in [-0.2, 0) is 79.5 Å². The average Bonchev–Trinajstić information content (AvgIpc) is 3.05. The van der Waals surface area contributed by atoms with Crippen molar-refractivity contribution in [3.63, 3.8) is 0 Å². The molecule has 0 spiro atoms.